The van der Waals surface area contributed by atoms with Gasteiger partial charge in [-0.2, -0.15) is 5.10 Å². The van der Waals surface area contributed by atoms with E-state index in [1.54, 1.807) is 10.9 Å². The van der Waals surface area contributed by atoms with Crippen molar-refractivity contribution in [1.82, 2.24) is 9.78 Å². The Hall–Kier alpha value is -1.65. The van der Waals surface area contributed by atoms with Crippen molar-refractivity contribution in [2.75, 3.05) is 0 Å². The Morgan fingerprint density at radius 3 is 2.72 bits per heavy atom. The van der Waals surface area contributed by atoms with E-state index in [1.165, 1.54) is 6.92 Å². The van der Waals surface area contributed by atoms with Crippen LogP contribution in [0.15, 0.2) is 6.20 Å². The molecule has 1 fully saturated rings. The van der Waals surface area contributed by atoms with Crippen LogP contribution in [0.25, 0.3) is 0 Å². The monoisotopic (exact) mass is 250 g/mol. The van der Waals surface area contributed by atoms with E-state index in [0.29, 0.717) is 18.5 Å². The summed E-state index contributed by atoms with van der Waals surface area (Å²) >= 11 is 0. The third-order valence-electron chi connectivity index (χ3n) is 3.51. The molecular formula is C13H18N2O3. The molecule has 0 N–H and O–H groups in total. The molecule has 0 aliphatic carbocycles. The van der Waals surface area contributed by atoms with Gasteiger partial charge in [0.2, 0.25) is 0 Å². The fourth-order valence-corrected chi connectivity index (χ4v) is 2.33. The molecule has 5 heteroatoms. The number of ether oxygens (including phenoxy) is 1. The van der Waals surface area contributed by atoms with Crippen LogP contribution in [0.3, 0.4) is 0 Å². The molecule has 5 nitrogen and oxygen atoms in total. The second-order valence-electron chi connectivity index (χ2n) is 5.38. The minimum atomic E-state index is -0.465. The van der Waals surface area contributed by atoms with Gasteiger partial charge in [0.25, 0.3) is 0 Å². The number of hydrogen-bond acceptors (Lipinski definition) is 4. The van der Waals surface area contributed by atoms with Crippen LogP contribution in [-0.4, -0.2) is 27.1 Å². The number of aromatic nitrogens is 2. The molecule has 0 radical (unpaired) electrons. The zero-order valence-electron chi connectivity index (χ0n) is 11.2. The fourth-order valence-electron chi connectivity index (χ4n) is 2.33. The molecule has 1 aromatic rings. The molecule has 1 aromatic heterocycles. The van der Waals surface area contributed by atoms with E-state index in [-0.39, 0.29) is 17.7 Å². The number of nitrogens with zero attached hydrogens (tertiary/aromatic N) is 2. The molecule has 0 amide bonds. The van der Waals surface area contributed by atoms with E-state index >= 15 is 0 Å². The quantitative estimate of drug-likeness (QED) is 0.605. The molecule has 98 valence electrons. The highest BCUT2D eigenvalue weighted by Crippen LogP contribution is 2.33. The first-order valence-corrected chi connectivity index (χ1v) is 6.06. The van der Waals surface area contributed by atoms with Crippen LogP contribution in [0.5, 0.6) is 0 Å². The van der Waals surface area contributed by atoms with Gasteiger partial charge in [0.15, 0.2) is 5.78 Å². The SMILES string of the molecule is CC(=O)c1cn(C[C@@H]2CC(=O)OC2(C)C)nc1C. The van der Waals surface area contributed by atoms with Crippen LogP contribution in [0.2, 0.25) is 0 Å². The lowest BCUT2D eigenvalue weighted by Gasteiger charge is -2.24. The first kappa shape index (κ1) is 12.8. The van der Waals surface area contributed by atoms with Gasteiger partial charge in [0, 0.05) is 18.7 Å². The van der Waals surface area contributed by atoms with Gasteiger partial charge >= 0.3 is 5.97 Å². The predicted octanol–water partition coefficient (Wildman–Crippen LogP) is 1.74. The Kier molecular flexibility index (Phi) is 3.00. The Balaban J connectivity index is 2.17. The molecule has 1 saturated heterocycles. The van der Waals surface area contributed by atoms with Crippen molar-refractivity contribution in [2.24, 2.45) is 5.92 Å². The van der Waals surface area contributed by atoms with Gasteiger partial charge in [-0.05, 0) is 27.7 Å². The second kappa shape index (κ2) is 4.23. The van der Waals surface area contributed by atoms with Crippen molar-refractivity contribution < 1.29 is 14.3 Å². The Bertz CT molecular complexity index is 502. The molecule has 1 aliphatic heterocycles. The predicted molar refractivity (Wildman–Crippen MR) is 65.2 cm³/mol. The lowest BCUT2D eigenvalue weighted by Crippen LogP contribution is -2.30. The summed E-state index contributed by atoms with van der Waals surface area (Å²) in [6.45, 7) is 7.75. The first-order chi connectivity index (χ1) is 8.29. The lowest BCUT2D eigenvalue weighted by atomic mass is 9.91. The van der Waals surface area contributed by atoms with Crippen molar-refractivity contribution in [3.8, 4) is 0 Å². The highest BCUT2D eigenvalue weighted by molar-refractivity contribution is 5.94. The molecular weight excluding hydrogens is 232 g/mol. The number of hydrogen-bond donors (Lipinski definition) is 0. The van der Waals surface area contributed by atoms with E-state index in [2.05, 4.69) is 5.10 Å². The summed E-state index contributed by atoms with van der Waals surface area (Å²) in [6.07, 6.45) is 2.15. The number of ketones is 1. The molecule has 0 bridgehead atoms. The number of esters is 1. The van der Waals surface area contributed by atoms with Crippen molar-refractivity contribution in [2.45, 2.75) is 46.3 Å². The number of Topliss-reactive ketones (excluding diaryl/α,β-unsaturated/α-hetero) is 1. The molecule has 1 atom stereocenters. The van der Waals surface area contributed by atoms with Gasteiger partial charge in [-0.25, -0.2) is 0 Å². The Morgan fingerprint density at radius 1 is 1.61 bits per heavy atom. The van der Waals surface area contributed by atoms with Crippen LogP contribution >= 0.6 is 0 Å². The summed E-state index contributed by atoms with van der Waals surface area (Å²) in [6, 6.07) is 0. The average Bonchev–Trinajstić information content (AvgIpc) is 2.68. The topological polar surface area (TPSA) is 61.2 Å². The number of aryl methyl sites for hydroxylation is 1. The van der Waals surface area contributed by atoms with Gasteiger partial charge in [-0.15, -0.1) is 0 Å². The van der Waals surface area contributed by atoms with Crippen LogP contribution in [-0.2, 0) is 16.1 Å². The van der Waals surface area contributed by atoms with E-state index in [1.807, 2.05) is 20.8 Å². The van der Waals surface area contributed by atoms with Crippen LogP contribution in [0.4, 0.5) is 0 Å². The van der Waals surface area contributed by atoms with Crippen molar-refractivity contribution >= 4 is 11.8 Å². The number of carbonyl (C=O) groups is 2. The maximum Gasteiger partial charge on any atom is 0.306 e. The Morgan fingerprint density at radius 2 is 2.28 bits per heavy atom. The summed E-state index contributed by atoms with van der Waals surface area (Å²) in [5, 5.41) is 4.31. The molecule has 18 heavy (non-hydrogen) atoms. The zero-order chi connectivity index (χ0) is 13.5. The number of carbonyl (C=O) groups excluding carboxylic acids is 2. The van der Waals surface area contributed by atoms with Crippen molar-refractivity contribution in [3.05, 3.63) is 17.5 Å². The van der Waals surface area contributed by atoms with Crippen LogP contribution < -0.4 is 0 Å². The first-order valence-electron chi connectivity index (χ1n) is 6.06. The minimum Gasteiger partial charge on any atom is -0.459 e. The van der Waals surface area contributed by atoms with Gasteiger partial charge in [0.05, 0.1) is 17.7 Å². The highest BCUT2D eigenvalue weighted by atomic mass is 16.6. The van der Waals surface area contributed by atoms with Crippen molar-refractivity contribution in [3.63, 3.8) is 0 Å². The van der Waals surface area contributed by atoms with Gasteiger partial charge in [-0.1, -0.05) is 0 Å². The maximum absolute atomic E-state index is 11.4. The standard InChI is InChI=1S/C13H18N2O3/c1-8-11(9(2)16)7-15(14-8)6-10-5-12(17)18-13(10,3)4/h7,10H,5-6H2,1-4H3/t10-/m0/s1. The van der Waals surface area contributed by atoms with Gasteiger partial charge < -0.3 is 4.74 Å². The third-order valence-corrected chi connectivity index (χ3v) is 3.51. The molecule has 2 heterocycles. The minimum absolute atomic E-state index is 0.0109. The number of cyclic esters (lactones) is 1. The largest absolute Gasteiger partial charge is 0.459 e. The maximum atomic E-state index is 11.4. The highest BCUT2D eigenvalue weighted by Gasteiger charge is 2.41. The molecule has 0 unspecified atom stereocenters. The fraction of sp³-hybridized carbons (Fsp3) is 0.615. The normalized spacial score (nSPS) is 22.0. The lowest BCUT2D eigenvalue weighted by molar-refractivity contribution is -0.146. The van der Waals surface area contributed by atoms with E-state index < -0.39 is 5.60 Å². The molecule has 0 saturated carbocycles. The average molecular weight is 250 g/mol. The summed E-state index contributed by atoms with van der Waals surface area (Å²) in [4.78, 5) is 22.7. The van der Waals surface area contributed by atoms with Crippen molar-refractivity contribution in [1.29, 1.82) is 0 Å². The molecule has 1 aliphatic rings. The zero-order valence-corrected chi connectivity index (χ0v) is 11.2. The summed E-state index contributed by atoms with van der Waals surface area (Å²) in [7, 11) is 0. The third kappa shape index (κ3) is 2.30. The summed E-state index contributed by atoms with van der Waals surface area (Å²) < 4.78 is 7.01. The summed E-state index contributed by atoms with van der Waals surface area (Å²) in [5.74, 6) is -0.0680. The number of rotatable bonds is 3. The molecule has 2 rings (SSSR count). The van der Waals surface area contributed by atoms with Gasteiger partial charge in [0.1, 0.15) is 5.60 Å². The molecule has 0 aromatic carbocycles. The van der Waals surface area contributed by atoms with Crippen LogP contribution in [0, 0.1) is 12.8 Å². The van der Waals surface area contributed by atoms with E-state index in [4.69, 9.17) is 4.74 Å². The Labute approximate surface area is 106 Å². The smallest absolute Gasteiger partial charge is 0.306 e. The van der Waals surface area contributed by atoms with Gasteiger partial charge in [-0.3, -0.25) is 14.3 Å². The van der Waals surface area contributed by atoms with Crippen LogP contribution in [0.1, 0.15) is 43.2 Å². The van der Waals surface area contributed by atoms with E-state index in [0.717, 1.165) is 5.69 Å². The second-order valence-corrected chi connectivity index (χ2v) is 5.38. The molecule has 0 spiro atoms. The van der Waals surface area contributed by atoms with E-state index in [9.17, 15) is 9.59 Å². The summed E-state index contributed by atoms with van der Waals surface area (Å²) in [5.41, 5.74) is 0.899.